The molecule has 2 aliphatic rings. The predicted molar refractivity (Wildman–Crippen MR) is 79.4 cm³/mol. The minimum absolute atomic E-state index is 0.243. The van der Waals surface area contributed by atoms with Crippen molar-refractivity contribution < 1.29 is 4.74 Å². The van der Waals surface area contributed by atoms with Gasteiger partial charge in [0.15, 0.2) is 0 Å². The minimum Gasteiger partial charge on any atom is -0.497 e. The number of nitrogens with one attached hydrogen (secondary N) is 1. The van der Waals surface area contributed by atoms with E-state index in [-0.39, 0.29) is 6.04 Å². The van der Waals surface area contributed by atoms with E-state index >= 15 is 0 Å². The Hall–Kier alpha value is -0.540. The van der Waals surface area contributed by atoms with Crippen molar-refractivity contribution in [2.45, 2.75) is 70.8 Å². The standard InChI is InChI=1S/C16H30N2O/c1-2-3-6-13-8-10-14(11-9-13)16(18-17)15-7-4-5-12-19-15/h7,13-14,16,18H,2-6,8-12,17H2,1H3. The molecule has 0 radical (unpaired) electrons. The molecule has 1 fully saturated rings. The lowest BCUT2D eigenvalue weighted by Crippen LogP contribution is -2.44. The summed E-state index contributed by atoms with van der Waals surface area (Å²) in [6, 6.07) is 0.243. The Morgan fingerprint density at radius 1 is 1.37 bits per heavy atom. The lowest BCUT2D eigenvalue weighted by Gasteiger charge is -2.35. The van der Waals surface area contributed by atoms with Crippen LogP contribution >= 0.6 is 0 Å². The van der Waals surface area contributed by atoms with Gasteiger partial charge >= 0.3 is 0 Å². The molecule has 3 nitrogen and oxygen atoms in total. The quantitative estimate of drug-likeness (QED) is 0.571. The highest BCUT2D eigenvalue weighted by molar-refractivity contribution is 5.07. The molecule has 1 aliphatic heterocycles. The van der Waals surface area contributed by atoms with E-state index in [0.29, 0.717) is 5.92 Å². The van der Waals surface area contributed by atoms with Gasteiger partial charge in [-0.05, 0) is 43.6 Å². The zero-order chi connectivity index (χ0) is 13.5. The van der Waals surface area contributed by atoms with Crippen LogP contribution in [-0.4, -0.2) is 12.6 Å². The summed E-state index contributed by atoms with van der Waals surface area (Å²) in [6.45, 7) is 3.14. The van der Waals surface area contributed by atoms with Crippen LogP contribution in [0, 0.1) is 11.8 Å². The van der Waals surface area contributed by atoms with E-state index in [0.717, 1.165) is 31.1 Å². The largest absolute Gasteiger partial charge is 0.497 e. The Morgan fingerprint density at radius 2 is 2.16 bits per heavy atom. The second kappa shape index (κ2) is 7.91. The van der Waals surface area contributed by atoms with Crippen LogP contribution in [-0.2, 0) is 4.74 Å². The second-order valence-corrected chi connectivity index (χ2v) is 6.16. The smallest absolute Gasteiger partial charge is 0.111 e. The van der Waals surface area contributed by atoms with Crippen molar-refractivity contribution in [1.82, 2.24) is 5.43 Å². The average Bonchev–Trinajstić information content (AvgIpc) is 2.48. The van der Waals surface area contributed by atoms with Crippen molar-refractivity contribution >= 4 is 0 Å². The highest BCUT2D eigenvalue weighted by atomic mass is 16.5. The van der Waals surface area contributed by atoms with Gasteiger partial charge < -0.3 is 4.74 Å². The fourth-order valence-electron chi connectivity index (χ4n) is 3.55. The van der Waals surface area contributed by atoms with Crippen molar-refractivity contribution in [1.29, 1.82) is 0 Å². The SMILES string of the molecule is CCCCC1CCC(C(NN)C2=CCCCO2)CC1. The monoisotopic (exact) mass is 266 g/mol. The molecule has 1 saturated carbocycles. The van der Waals surface area contributed by atoms with Gasteiger partial charge in [-0.2, -0.15) is 0 Å². The number of hydrazine groups is 1. The normalized spacial score (nSPS) is 29.5. The molecule has 0 aromatic heterocycles. The lowest BCUT2D eigenvalue weighted by atomic mass is 9.76. The number of hydrogen-bond acceptors (Lipinski definition) is 3. The van der Waals surface area contributed by atoms with Crippen LogP contribution in [0.4, 0.5) is 0 Å². The summed E-state index contributed by atoms with van der Waals surface area (Å²) in [6.07, 6.45) is 14.0. The van der Waals surface area contributed by atoms with Gasteiger partial charge in [0.25, 0.3) is 0 Å². The molecule has 1 atom stereocenters. The molecule has 1 unspecified atom stereocenters. The van der Waals surface area contributed by atoms with Crippen LogP contribution in [0.25, 0.3) is 0 Å². The third kappa shape index (κ3) is 4.22. The number of unbranched alkanes of at least 4 members (excludes halogenated alkanes) is 1. The zero-order valence-corrected chi connectivity index (χ0v) is 12.4. The van der Waals surface area contributed by atoms with Gasteiger partial charge in [-0.15, -0.1) is 0 Å². The van der Waals surface area contributed by atoms with E-state index in [1.165, 1.54) is 44.9 Å². The number of nitrogens with two attached hydrogens (primary N) is 1. The minimum atomic E-state index is 0.243. The fraction of sp³-hybridized carbons (Fsp3) is 0.875. The van der Waals surface area contributed by atoms with Crippen LogP contribution in [0.3, 0.4) is 0 Å². The maximum Gasteiger partial charge on any atom is 0.111 e. The Bertz CT molecular complexity index is 282. The van der Waals surface area contributed by atoms with E-state index in [1.807, 2.05) is 0 Å². The van der Waals surface area contributed by atoms with Gasteiger partial charge in [0.2, 0.25) is 0 Å². The molecular formula is C16H30N2O. The molecule has 2 rings (SSSR count). The van der Waals surface area contributed by atoms with Gasteiger partial charge in [-0.1, -0.05) is 39.0 Å². The average molecular weight is 266 g/mol. The number of allylic oxidation sites excluding steroid dienone is 1. The predicted octanol–water partition coefficient (Wildman–Crippen LogP) is 3.51. The van der Waals surface area contributed by atoms with Crippen LogP contribution in [0.15, 0.2) is 11.8 Å². The first-order valence-electron chi connectivity index (χ1n) is 8.14. The molecule has 0 spiro atoms. The summed E-state index contributed by atoms with van der Waals surface area (Å²) in [4.78, 5) is 0. The number of ether oxygens (including phenoxy) is 1. The molecule has 19 heavy (non-hydrogen) atoms. The van der Waals surface area contributed by atoms with Crippen LogP contribution in [0.2, 0.25) is 0 Å². The second-order valence-electron chi connectivity index (χ2n) is 6.16. The molecule has 1 aliphatic carbocycles. The molecule has 3 N–H and O–H groups in total. The lowest BCUT2D eigenvalue weighted by molar-refractivity contribution is 0.131. The first-order chi connectivity index (χ1) is 9.35. The third-order valence-corrected chi connectivity index (χ3v) is 4.78. The van der Waals surface area contributed by atoms with Gasteiger partial charge in [0.1, 0.15) is 5.76 Å². The highest BCUT2D eigenvalue weighted by Gasteiger charge is 2.30. The van der Waals surface area contributed by atoms with Gasteiger partial charge in [-0.3, -0.25) is 5.84 Å². The summed E-state index contributed by atoms with van der Waals surface area (Å²) in [5.41, 5.74) is 3.01. The first kappa shape index (κ1) is 14.9. The molecule has 0 bridgehead atoms. The summed E-state index contributed by atoms with van der Waals surface area (Å²) in [7, 11) is 0. The number of rotatable bonds is 6. The maximum absolute atomic E-state index is 5.79. The van der Waals surface area contributed by atoms with E-state index in [4.69, 9.17) is 10.6 Å². The molecule has 3 heteroatoms. The molecule has 110 valence electrons. The van der Waals surface area contributed by atoms with E-state index in [9.17, 15) is 0 Å². The Kier molecular flexibility index (Phi) is 6.18. The van der Waals surface area contributed by atoms with Crippen LogP contribution < -0.4 is 11.3 Å². The Labute approximate surface area is 117 Å². The first-order valence-corrected chi connectivity index (χ1v) is 8.14. The van der Waals surface area contributed by atoms with Crippen LogP contribution in [0.1, 0.15) is 64.7 Å². The zero-order valence-electron chi connectivity index (χ0n) is 12.4. The van der Waals surface area contributed by atoms with Gasteiger partial charge in [-0.25, -0.2) is 5.43 Å². The molecule has 0 aromatic rings. The van der Waals surface area contributed by atoms with Crippen molar-refractivity contribution in [3.63, 3.8) is 0 Å². The van der Waals surface area contributed by atoms with Gasteiger partial charge in [0, 0.05) is 0 Å². The summed E-state index contributed by atoms with van der Waals surface area (Å²) in [5.74, 6) is 8.50. The van der Waals surface area contributed by atoms with Crippen molar-refractivity contribution in [3.8, 4) is 0 Å². The van der Waals surface area contributed by atoms with Crippen molar-refractivity contribution in [2.24, 2.45) is 17.7 Å². The van der Waals surface area contributed by atoms with E-state index in [2.05, 4.69) is 18.4 Å². The van der Waals surface area contributed by atoms with E-state index in [1.54, 1.807) is 0 Å². The number of hydrogen-bond donors (Lipinski definition) is 2. The summed E-state index contributed by atoms with van der Waals surface area (Å²) in [5, 5.41) is 0. The van der Waals surface area contributed by atoms with Crippen molar-refractivity contribution in [2.75, 3.05) is 6.61 Å². The third-order valence-electron chi connectivity index (χ3n) is 4.78. The molecular weight excluding hydrogens is 236 g/mol. The summed E-state index contributed by atoms with van der Waals surface area (Å²) < 4.78 is 5.79. The van der Waals surface area contributed by atoms with Crippen molar-refractivity contribution in [3.05, 3.63) is 11.8 Å². The maximum atomic E-state index is 5.79. The molecule has 0 aromatic carbocycles. The van der Waals surface area contributed by atoms with Gasteiger partial charge in [0.05, 0.1) is 12.6 Å². The molecule has 1 heterocycles. The summed E-state index contributed by atoms with van der Waals surface area (Å²) >= 11 is 0. The molecule has 0 amide bonds. The highest BCUT2D eigenvalue weighted by Crippen LogP contribution is 2.35. The Morgan fingerprint density at radius 3 is 2.74 bits per heavy atom. The van der Waals surface area contributed by atoms with E-state index < -0.39 is 0 Å². The topological polar surface area (TPSA) is 47.3 Å². The van der Waals surface area contributed by atoms with Crippen LogP contribution in [0.5, 0.6) is 0 Å². The fourth-order valence-corrected chi connectivity index (χ4v) is 3.55. The molecule has 0 saturated heterocycles. The Balaban J connectivity index is 1.82.